The summed E-state index contributed by atoms with van der Waals surface area (Å²) in [7, 11) is 0. The Morgan fingerprint density at radius 2 is 1.61 bits per heavy atom. The van der Waals surface area contributed by atoms with Crippen molar-refractivity contribution in [1.82, 2.24) is 10.2 Å². The molecule has 0 atom stereocenters. The van der Waals surface area contributed by atoms with Gasteiger partial charge in [-0.1, -0.05) is 24.3 Å². The Hall–Kier alpha value is -2.99. The van der Waals surface area contributed by atoms with E-state index in [1.165, 1.54) is 12.1 Å². The number of carboxylic acids is 1. The smallest absolute Gasteiger partial charge is 0.335 e. The van der Waals surface area contributed by atoms with E-state index in [1.54, 1.807) is 12.1 Å². The van der Waals surface area contributed by atoms with Crippen molar-refractivity contribution in [2.45, 2.75) is 13.0 Å². The van der Waals surface area contributed by atoms with Gasteiger partial charge in [-0.05, 0) is 35.4 Å². The van der Waals surface area contributed by atoms with Crippen molar-refractivity contribution in [3.05, 3.63) is 71.1 Å². The van der Waals surface area contributed by atoms with Crippen LogP contribution in [0.1, 0.15) is 27.4 Å². The number of aliphatic hydroxyl groups excluding tert-OH is 1. The van der Waals surface area contributed by atoms with Gasteiger partial charge >= 0.3 is 5.97 Å². The first kappa shape index (κ1) is 14.9. The molecule has 1 heterocycles. The molecule has 0 spiro atoms. The summed E-state index contributed by atoms with van der Waals surface area (Å²) < 4.78 is 5.61. The molecule has 0 saturated carbocycles. The molecule has 1 aromatic heterocycles. The summed E-state index contributed by atoms with van der Waals surface area (Å²) in [4.78, 5) is 10.8. The van der Waals surface area contributed by atoms with Crippen LogP contribution >= 0.6 is 0 Å². The minimum Gasteiger partial charge on any atom is -0.478 e. The van der Waals surface area contributed by atoms with Crippen molar-refractivity contribution in [1.29, 1.82) is 0 Å². The number of aromatic carboxylic acids is 1. The molecule has 0 aliphatic rings. The van der Waals surface area contributed by atoms with Crippen molar-refractivity contribution >= 4 is 5.97 Å². The molecule has 0 unspecified atom stereocenters. The third-order valence-corrected chi connectivity index (χ3v) is 3.41. The molecule has 0 amide bonds. The lowest BCUT2D eigenvalue weighted by Gasteiger charge is -1.99. The zero-order valence-corrected chi connectivity index (χ0v) is 12.1. The van der Waals surface area contributed by atoms with Gasteiger partial charge in [-0.15, -0.1) is 10.2 Å². The largest absolute Gasteiger partial charge is 0.478 e. The van der Waals surface area contributed by atoms with E-state index in [0.717, 1.165) is 11.1 Å². The van der Waals surface area contributed by atoms with Crippen LogP contribution in [-0.4, -0.2) is 26.4 Å². The van der Waals surface area contributed by atoms with E-state index in [2.05, 4.69) is 10.2 Å². The molecule has 116 valence electrons. The SMILES string of the molecule is O=C(O)c1ccc(-c2nnc(Cc3ccc(CO)cc3)o2)cc1. The van der Waals surface area contributed by atoms with Gasteiger partial charge in [-0.25, -0.2) is 4.79 Å². The van der Waals surface area contributed by atoms with Crippen LogP contribution in [0.25, 0.3) is 11.5 Å². The predicted octanol–water partition coefficient (Wildman–Crippen LogP) is 2.52. The Bertz CT molecular complexity index is 807. The number of benzene rings is 2. The molecule has 0 radical (unpaired) electrons. The number of hydrogen-bond donors (Lipinski definition) is 2. The van der Waals surface area contributed by atoms with Gasteiger partial charge in [0.1, 0.15) is 0 Å². The fraction of sp³-hybridized carbons (Fsp3) is 0.118. The monoisotopic (exact) mass is 310 g/mol. The lowest BCUT2D eigenvalue weighted by molar-refractivity contribution is 0.0697. The van der Waals surface area contributed by atoms with Crippen molar-refractivity contribution in [3.63, 3.8) is 0 Å². The molecule has 3 aromatic rings. The fourth-order valence-electron chi connectivity index (χ4n) is 2.13. The Morgan fingerprint density at radius 1 is 0.957 bits per heavy atom. The van der Waals surface area contributed by atoms with Crippen LogP contribution in [0, 0.1) is 0 Å². The zero-order chi connectivity index (χ0) is 16.2. The predicted molar refractivity (Wildman–Crippen MR) is 81.9 cm³/mol. The van der Waals surface area contributed by atoms with Gasteiger partial charge in [0.05, 0.1) is 18.6 Å². The van der Waals surface area contributed by atoms with Gasteiger partial charge < -0.3 is 14.6 Å². The maximum atomic E-state index is 10.8. The van der Waals surface area contributed by atoms with E-state index in [4.69, 9.17) is 14.6 Å². The average molecular weight is 310 g/mol. The zero-order valence-electron chi connectivity index (χ0n) is 12.1. The van der Waals surface area contributed by atoms with E-state index in [1.807, 2.05) is 24.3 Å². The van der Waals surface area contributed by atoms with Crippen LogP contribution < -0.4 is 0 Å². The highest BCUT2D eigenvalue weighted by molar-refractivity contribution is 5.88. The number of aromatic nitrogens is 2. The number of hydrogen-bond acceptors (Lipinski definition) is 5. The molecule has 0 saturated heterocycles. The van der Waals surface area contributed by atoms with Gasteiger partial charge in [0.25, 0.3) is 0 Å². The molecule has 0 aliphatic carbocycles. The Kier molecular flexibility index (Phi) is 4.16. The van der Waals surface area contributed by atoms with Gasteiger partial charge in [0.2, 0.25) is 11.8 Å². The Morgan fingerprint density at radius 3 is 2.22 bits per heavy atom. The van der Waals surface area contributed by atoms with Gasteiger partial charge in [0, 0.05) is 5.56 Å². The first-order valence-electron chi connectivity index (χ1n) is 7.00. The lowest BCUT2D eigenvalue weighted by Crippen LogP contribution is -1.94. The number of nitrogens with zero attached hydrogens (tertiary/aromatic N) is 2. The van der Waals surface area contributed by atoms with Crippen LogP contribution in [0.4, 0.5) is 0 Å². The molecule has 6 heteroatoms. The maximum absolute atomic E-state index is 10.8. The average Bonchev–Trinajstić information content (AvgIpc) is 3.04. The first-order valence-corrected chi connectivity index (χ1v) is 7.00. The van der Waals surface area contributed by atoms with Crippen LogP contribution in [0.3, 0.4) is 0 Å². The fourth-order valence-corrected chi connectivity index (χ4v) is 2.13. The normalized spacial score (nSPS) is 10.7. The molecular weight excluding hydrogens is 296 g/mol. The van der Waals surface area contributed by atoms with Gasteiger partial charge in [0.15, 0.2) is 0 Å². The van der Waals surface area contributed by atoms with E-state index >= 15 is 0 Å². The molecule has 23 heavy (non-hydrogen) atoms. The second kappa shape index (κ2) is 6.41. The quantitative estimate of drug-likeness (QED) is 0.751. The Balaban J connectivity index is 1.75. The third kappa shape index (κ3) is 3.44. The summed E-state index contributed by atoms with van der Waals surface area (Å²) in [6, 6.07) is 13.8. The molecule has 3 rings (SSSR count). The summed E-state index contributed by atoms with van der Waals surface area (Å²) in [5.41, 5.74) is 2.72. The molecule has 2 N–H and O–H groups in total. The van der Waals surface area contributed by atoms with Crippen LogP contribution in [0.2, 0.25) is 0 Å². The van der Waals surface area contributed by atoms with Crippen molar-refractivity contribution < 1.29 is 19.4 Å². The van der Waals surface area contributed by atoms with E-state index in [-0.39, 0.29) is 12.2 Å². The number of carbonyl (C=O) groups is 1. The molecule has 0 bridgehead atoms. The molecule has 0 aliphatic heterocycles. The van der Waals surface area contributed by atoms with E-state index in [0.29, 0.717) is 23.8 Å². The van der Waals surface area contributed by atoms with E-state index in [9.17, 15) is 4.79 Å². The van der Waals surface area contributed by atoms with E-state index < -0.39 is 5.97 Å². The first-order chi connectivity index (χ1) is 11.2. The third-order valence-electron chi connectivity index (χ3n) is 3.41. The summed E-state index contributed by atoms with van der Waals surface area (Å²) in [5.74, 6) is -0.155. The molecule has 6 nitrogen and oxygen atoms in total. The second-order valence-electron chi connectivity index (χ2n) is 5.03. The number of aliphatic hydroxyl groups is 1. The minimum absolute atomic E-state index is 0.0112. The Labute approximate surface area is 132 Å². The second-order valence-corrected chi connectivity index (χ2v) is 5.03. The molecular formula is C17H14N2O4. The highest BCUT2D eigenvalue weighted by Crippen LogP contribution is 2.20. The topological polar surface area (TPSA) is 96.5 Å². The van der Waals surface area contributed by atoms with Crippen LogP contribution in [0.15, 0.2) is 52.9 Å². The van der Waals surface area contributed by atoms with Crippen molar-refractivity contribution in [2.24, 2.45) is 0 Å². The van der Waals surface area contributed by atoms with Gasteiger partial charge in [-0.3, -0.25) is 0 Å². The summed E-state index contributed by atoms with van der Waals surface area (Å²) in [5, 5.41) is 25.9. The molecule has 2 aromatic carbocycles. The number of rotatable bonds is 5. The van der Waals surface area contributed by atoms with Crippen LogP contribution in [-0.2, 0) is 13.0 Å². The summed E-state index contributed by atoms with van der Waals surface area (Å²) >= 11 is 0. The lowest BCUT2D eigenvalue weighted by atomic mass is 10.1. The highest BCUT2D eigenvalue weighted by Gasteiger charge is 2.10. The maximum Gasteiger partial charge on any atom is 0.335 e. The molecule has 0 fully saturated rings. The minimum atomic E-state index is -0.978. The van der Waals surface area contributed by atoms with Crippen molar-refractivity contribution in [2.75, 3.05) is 0 Å². The van der Waals surface area contributed by atoms with Crippen LogP contribution in [0.5, 0.6) is 0 Å². The summed E-state index contributed by atoms with van der Waals surface area (Å²) in [6.07, 6.45) is 0.492. The standard InChI is InChI=1S/C17H14N2O4/c20-10-12-3-1-11(2-4-12)9-15-18-19-16(23-15)13-5-7-14(8-6-13)17(21)22/h1-8,20H,9-10H2,(H,21,22). The number of carboxylic acid groups (broad SMARTS) is 1. The highest BCUT2D eigenvalue weighted by atomic mass is 16.4. The summed E-state index contributed by atoms with van der Waals surface area (Å²) in [6.45, 7) is 0.0112. The van der Waals surface area contributed by atoms with Crippen molar-refractivity contribution in [3.8, 4) is 11.5 Å². The van der Waals surface area contributed by atoms with Gasteiger partial charge in [-0.2, -0.15) is 0 Å².